The Labute approximate surface area is 105 Å². The molecule has 0 aromatic rings. The molecule has 1 saturated carbocycles. The van der Waals surface area contributed by atoms with E-state index in [1.165, 1.54) is 44.3 Å². The largest absolute Gasteiger partial charge is 0.380 e. The topological polar surface area (TPSA) is 38.5 Å². The Morgan fingerprint density at radius 2 is 2.24 bits per heavy atom. The zero-order chi connectivity index (χ0) is 12.1. The maximum absolute atomic E-state index is 6.21. The summed E-state index contributed by atoms with van der Waals surface area (Å²) in [6.07, 6.45) is 8.75. The van der Waals surface area contributed by atoms with Gasteiger partial charge in [-0.1, -0.05) is 18.9 Å². The molecule has 3 heteroatoms. The zero-order valence-electron chi connectivity index (χ0n) is 11.0. The predicted octanol–water partition coefficient (Wildman–Crippen LogP) is 1.78. The first-order valence-electron chi connectivity index (χ1n) is 6.94. The van der Waals surface area contributed by atoms with Crippen LogP contribution >= 0.6 is 0 Å². The highest BCUT2D eigenvalue weighted by atomic mass is 16.5. The van der Waals surface area contributed by atoms with Crippen LogP contribution in [0.15, 0.2) is 11.6 Å². The summed E-state index contributed by atoms with van der Waals surface area (Å²) in [5.74, 6) is 0.723. The normalized spacial score (nSPS) is 31.3. The molecule has 98 valence electrons. The molecule has 2 N–H and O–H groups in total. The van der Waals surface area contributed by atoms with Crippen molar-refractivity contribution < 1.29 is 4.74 Å². The lowest BCUT2D eigenvalue weighted by Crippen LogP contribution is -2.42. The summed E-state index contributed by atoms with van der Waals surface area (Å²) in [5.41, 5.74) is 7.66. The van der Waals surface area contributed by atoms with Crippen LogP contribution in [0.1, 0.15) is 32.1 Å². The Hall–Kier alpha value is -0.380. The van der Waals surface area contributed by atoms with Gasteiger partial charge in [0, 0.05) is 32.8 Å². The lowest BCUT2D eigenvalue weighted by Gasteiger charge is -2.35. The standard InChI is InChI=1S/C14H26N2O/c1-17-11-12-6-8-16(9-7-12)10-13-4-2-3-5-14(13)15/h6,13-14H,2-5,7-11,15H2,1H3. The molecule has 2 unspecified atom stereocenters. The maximum atomic E-state index is 6.21. The van der Waals surface area contributed by atoms with Crippen molar-refractivity contribution in [2.24, 2.45) is 11.7 Å². The fourth-order valence-electron chi connectivity index (χ4n) is 3.03. The van der Waals surface area contributed by atoms with Gasteiger partial charge in [0.05, 0.1) is 6.61 Å². The fourth-order valence-corrected chi connectivity index (χ4v) is 3.03. The Bertz CT molecular complexity index is 265. The van der Waals surface area contributed by atoms with Crippen LogP contribution in [0.4, 0.5) is 0 Å². The molecule has 1 aliphatic carbocycles. The van der Waals surface area contributed by atoms with E-state index in [2.05, 4.69) is 11.0 Å². The first-order chi connectivity index (χ1) is 8.29. The summed E-state index contributed by atoms with van der Waals surface area (Å²) in [5, 5.41) is 0. The molecule has 0 aromatic heterocycles. The van der Waals surface area contributed by atoms with Gasteiger partial charge < -0.3 is 10.5 Å². The van der Waals surface area contributed by atoms with Gasteiger partial charge in [0.25, 0.3) is 0 Å². The van der Waals surface area contributed by atoms with Gasteiger partial charge in [-0.3, -0.25) is 4.90 Å². The minimum atomic E-state index is 0.438. The molecular weight excluding hydrogens is 212 g/mol. The zero-order valence-corrected chi connectivity index (χ0v) is 11.0. The van der Waals surface area contributed by atoms with Gasteiger partial charge in [-0.2, -0.15) is 0 Å². The molecule has 0 amide bonds. The Morgan fingerprint density at radius 3 is 2.88 bits per heavy atom. The Kier molecular flexibility index (Phi) is 5.01. The number of nitrogens with two attached hydrogens (primary N) is 1. The van der Waals surface area contributed by atoms with Crippen molar-refractivity contribution in [2.75, 3.05) is 33.4 Å². The number of nitrogens with zero attached hydrogens (tertiary/aromatic N) is 1. The van der Waals surface area contributed by atoms with Gasteiger partial charge >= 0.3 is 0 Å². The van der Waals surface area contributed by atoms with Crippen molar-refractivity contribution in [3.05, 3.63) is 11.6 Å². The second kappa shape index (κ2) is 6.53. The van der Waals surface area contributed by atoms with Crippen LogP contribution in [0.25, 0.3) is 0 Å². The molecule has 2 atom stereocenters. The molecule has 0 aromatic carbocycles. The van der Waals surface area contributed by atoms with Gasteiger partial charge in [-0.15, -0.1) is 0 Å². The average Bonchev–Trinajstić information content (AvgIpc) is 2.35. The Morgan fingerprint density at radius 1 is 1.41 bits per heavy atom. The quantitative estimate of drug-likeness (QED) is 0.759. The van der Waals surface area contributed by atoms with Crippen LogP contribution in [0.3, 0.4) is 0 Å². The van der Waals surface area contributed by atoms with Gasteiger partial charge in [-0.05, 0) is 30.8 Å². The fraction of sp³-hybridized carbons (Fsp3) is 0.857. The van der Waals surface area contributed by atoms with Crippen molar-refractivity contribution in [2.45, 2.75) is 38.1 Å². The smallest absolute Gasteiger partial charge is 0.0673 e. The van der Waals surface area contributed by atoms with E-state index in [1.807, 2.05) is 0 Å². The third kappa shape index (κ3) is 3.80. The molecule has 2 aliphatic rings. The highest BCUT2D eigenvalue weighted by molar-refractivity contribution is 5.07. The summed E-state index contributed by atoms with van der Waals surface area (Å²) in [7, 11) is 1.77. The highest BCUT2D eigenvalue weighted by Gasteiger charge is 2.24. The minimum absolute atomic E-state index is 0.438. The highest BCUT2D eigenvalue weighted by Crippen LogP contribution is 2.24. The monoisotopic (exact) mass is 238 g/mol. The lowest BCUT2D eigenvalue weighted by atomic mass is 9.84. The van der Waals surface area contributed by atoms with E-state index >= 15 is 0 Å². The molecule has 3 nitrogen and oxygen atoms in total. The average molecular weight is 238 g/mol. The van der Waals surface area contributed by atoms with Crippen molar-refractivity contribution >= 4 is 0 Å². The minimum Gasteiger partial charge on any atom is -0.380 e. The second-order valence-electron chi connectivity index (χ2n) is 5.51. The number of rotatable bonds is 4. The van der Waals surface area contributed by atoms with E-state index in [-0.39, 0.29) is 0 Å². The van der Waals surface area contributed by atoms with Crippen LogP contribution in [-0.4, -0.2) is 44.3 Å². The molecule has 1 aliphatic heterocycles. The Balaban J connectivity index is 1.77. The second-order valence-corrected chi connectivity index (χ2v) is 5.51. The third-order valence-electron chi connectivity index (χ3n) is 4.18. The van der Waals surface area contributed by atoms with E-state index in [1.54, 1.807) is 7.11 Å². The number of hydrogen-bond donors (Lipinski definition) is 1. The van der Waals surface area contributed by atoms with E-state index in [4.69, 9.17) is 10.5 Å². The van der Waals surface area contributed by atoms with Crippen LogP contribution in [-0.2, 0) is 4.74 Å². The molecule has 17 heavy (non-hydrogen) atoms. The first-order valence-corrected chi connectivity index (χ1v) is 6.94. The van der Waals surface area contributed by atoms with Gasteiger partial charge in [-0.25, -0.2) is 0 Å². The van der Waals surface area contributed by atoms with Crippen molar-refractivity contribution in [3.8, 4) is 0 Å². The molecule has 0 saturated heterocycles. The van der Waals surface area contributed by atoms with Gasteiger partial charge in [0.15, 0.2) is 0 Å². The molecular formula is C14H26N2O. The van der Waals surface area contributed by atoms with Gasteiger partial charge in [0.2, 0.25) is 0 Å². The van der Waals surface area contributed by atoms with Gasteiger partial charge in [0.1, 0.15) is 0 Å². The molecule has 1 heterocycles. The molecule has 0 radical (unpaired) electrons. The summed E-state index contributed by atoms with van der Waals surface area (Å²) < 4.78 is 5.18. The summed E-state index contributed by atoms with van der Waals surface area (Å²) >= 11 is 0. The van der Waals surface area contributed by atoms with E-state index in [0.717, 1.165) is 25.5 Å². The maximum Gasteiger partial charge on any atom is 0.0673 e. The summed E-state index contributed by atoms with van der Waals surface area (Å²) in [6.45, 7) is 4.26. The summed E-state index contributed by atoms with van der Waals surface area (Å²) in [4.78, 5) is 2.55. The van der Waals surface area contributed by atoms with Crippen molar-refractivity contribution in [3.63, 3.8) is 0 Å². The van der Waals surface area contributed by atoms with E-state index < -0.39 is 0 Å². The molecule has 2 rings (SSSR count). The van der Waals surface area contributed by atoms with Crippen LogP contribution in [0, 0.1) is 5.92 Å². The van der Waals surface area contributed by atoms with Crippen LogP contribution in [0.2, 0.25) is 0 Å². The van der Waals surface area contributed by atoms with Crippen LogP contribution in [0.5, 0.6) is 0 Å². The van der Waals surface area contributed by atoms with E-state index in [9.17, 15) is 0 Å². The SMILES string of the molecule is COCC1=CCN(CC2CCCCC2N)CC1. The number of hydrogen-bond acceptors (Lipinski definition) is 3. The summed E-state index contributed by atoms with van der Waals surface area (Å²) in [6, 6.07) is 0.438. The molecule has 0 bridgehead atoms. The molecule has 1 fully saturated rings. The first kappa shape index (κ1) is 13.1. The predicted molar refractivity (Wildman–Crippen MR) is 70.9 cm³/mol. The number of ether oxygens (including phenoxy) is 1. The van der Waals surface area contributed by atoms with E-state index in [0.29, 0.717) is 6.04 Å². The number of methoxy groups -OCH3 is 1. The van der Waals surface area contributed by atoms with Crippen molar-refractivity contribution in [1.29, 1.82) is 0 Å². The molecule has 0 spiro atoms. The van der Waals surface area contributed by atoms with Crippen molar-refractivity contribution in [1.82, 2.24) is 4.90 Å². The lowest BCUT2D eigenvalue weighted by molar-refractivity contribution is 0.181. The third-order valence-corrected chi connectivity index (χ3v) is 4.18. The van der Waals surface area contributed by atoms with Crippen LogP contribution < -0.4 is 5.73 Å².